The van der Waals surface area contributed by atoms with Crippen LogP contribution < -0.4 is 5.32 Å². The summed E-state index contributed by atoms with van der Waals surface area (Å²) >= 11 is 0. The van der Waals surface area contributed by atoms with Gasteiger partial charge in [-0.05, 0) is 24.6 Å². The Kier molecular flexibility index (Phi) is 3.97. The summed E-state index contributed by atoms with van der Waals surface area (Å²) in [6, 6.07) is 9.16. The van der Waals surface area contributed by atoms with Crippen LogP contribution in [0.4, 0.5) is 5.82 Å². The first-order chi connectivity index (χ1) is 9.10. The van der Waals surface area contributed by atoms with Crippen molar-refractivity contribution in [2.75, 3.05) is 12.4 Å². The molecule has 0 saturated heterocycles. The Morgan fingerprint density at radius 3 is 2.58 bits per heavy atom. The molecule has 0 spiro atoms. The van der Waals surface area contributed by atoms with Crippen LogP contribution in [0.15, 0.2) is 30.3 Å². The molecule has 1 N–H and O–H groups in total. The molecule has 2 rings (SSSR count). The van der Waals surface area contributed by atoms with E-state index in [4.69, 9.17) is 4.74 Å². The second kappa shape index (κ2) is 5.67. The third-order valence-corrected chi connectivity index (χ3v) is 2.77. The van der Waals surface area contributed by atoms with Gasteiger partial charge < -0.3 is 10.1 Å². The van der Waals surface area contributed by atoms with E-state index in [9.17, 15) is 4.79 Å². The van der Waals surface area contributed by atoms with Gasteiger partial charge in [-0.1, -0.05) is 12.1 Å². The van der Waals surface area contributed by atoms with Gasteiger partial charge in [-0.15, -0.1) is 0 Å². The van der Waals surface area contributed by atoms with E-state index in [1.54, 1.807) is 31.0 Å². The van der Waals surface area contributed by atoms with Gasteiger partial charge in [0.1, 0.15) is 5.82 Å². The number of methoxy groups -OCH3 is 1. The Morgan fingerprint density at radius 1 is 1.37 bits per heavy atom. The first kappa shape index (κ1) is 13.3. The number of anilines is 1. The number of benzene rings is 1. The SMILES string of the molecule is COCc1ccc(C(=O)Nc2cc(C)nn2C)cc1. The number of hydrogen-bond acceptors (Lipinski definition) is 3. The predicted molar refractivity (Wildman–Crippen MR) is 73.1 cm³/mol. The predicted octanol–water partition coefficient (Wildman–Crippen LogP) is 2.13. The monoisotopic (exact) mass is 259 g/mol. The molecule has 0 aliphatic carbocycles. The summed E-state index contributed by atoms with van der Waals surface area (Å²) in [6.45, 7) is 2.43. The highest BCUT2D eigenvalue weighted by Gasteiger charge is 2.09. The molecule has 5 heteroatoms. The molecule has 1 amide bonds. The van der Waals surface area contributed by atoms with Crippen LogP contribution in [0, 0.1) is 6.92 Å². The molecule has 1 aromatic heterocycles. The Bertz CT molecular complexity index is 573. The van der Waals surface area contributed by atoms with Crippen LogP contribution in [0.2, 0.25) is 0 Å². The van der Waals surface area contributed by atoms with Crippen molar-refractivity contribution in [1.29, 1.82) is 0 Å². The van der Waals surface area contributed by atoms with E-state index in [-0.39, 0.29) is 5.91 Å². The van der Waals surface area contributed by atoms with Gasteiger partial charge in [-0.2, -0.15) is 5.10 Å². The Hall–Kier alpha value is -2.14. The van der Waals surface area contributed by atoms with Crippen molar-refractivity contribution in [3.05, 3.63) is 47.2 Å². The van der Waals surface area contributed by atoms with Crippen molar-refractivity contribution in [3.63, 3.8) is 0 Å². The highest BCUT2D eigenvalue weighted by Crippen LogP contribution is 2.11. The summed E-state index contributed by atoms with van der Waals surface area (Å²) < 4.78 is 6.68. The lowest BCUT2D eigenvalue weighted by atomic mass is 10.1. The quantitative estimate of drug-likeness (QED) is 0.915. The standard InChI is InChI=1S/C14H17N3O2/c1-10-8-13(17(2)16-10)15-14(18)12-6-4-11(5-7-12)9-19-3/h4-8H,9H2,1-3H3,(H,15,18). The van der Waals surface area contributed by atoms with E-state index in [1.165, 1.54) is 0 Å². The Morgan fingerprint density at radius 2 is 2.05 bits per heavy atom. The van der Waals surface area contributed by atoms with Gasteiger partial charge in [0.05, 0.1) is 12.3 Å². The second-order valence-corrected chi connectivity index (χ2v) is 4.38. The number of amides is 1. The van der Waals surface area contributed by atoms with Crippen LogP contribution >= 0.6 is 0 Å². The fraction of sp³-hybridized carbons (Fsp3) is 0.286. The number of aromatic nitrogens is 2. The summed E-state index contributed by atoms with van der Waals surface area (Å²) in [7, 11) is 3.44. The summed E-state index contributed by atoms with van der Waals surface area (Å²) in [5, 5.41) is 7.01. The number of aryl methyl sites for hydroxylation is 2. The fourth-order valence-electron chi connectivity index (χ4n) is 1.84. The minimum Gasteiger partial charge on any atom is -0.380 e. The molecule has 0 aliphatic rings. The highest BCUT2D eigenvalue weighted by molar-refractivity contribution is 6.03. The smallest absolute Gasteiger partial charge is 0.256 e. The van der Waals surface area contributed by atoms with Crippen molar-refractivity contribution in [3.8, 4) is 0 Å². The number of carbonyl (C=O) groups is 1. The van der Waals surface area contributed by atoms with E-state index >= 15 is 0 Å². The number of nitrogens with zero attached hydrogens (tertiary/aromatic N) is 2. The van der Waals surface area contributed by atoms with Gasteiger partial charge in [0.15, 0.2) is 0 Å². The number of ether oxygens (including phenoxy) is 1. The molecule has 0 aliphatic heterocycles. The van der Waals surface area contributed by atoms with Crippen LogP contribution in [-0.4, -0.2) is 22.8 Å². The van der Waals surface area contributed by atoms with Gasteiger partial charge in [-0.3, -0.25) is 9.48 Å². The van der Waals surface area contributed by atoms with Crippen LogP contribution in [-0.2, 0) is 18.4 Å². The maximum Gasteiger partial charge on any atom is 0.256 e. The Balaban J connectivity index is 2.09. The number of rotatable bonds is 4. The molecule has 100 valence electrons. The minimum absolute atomic E-state index is 0.146. The molecule has 0 saturated carbocycles. The summed E-state index contributed by atoms with van der Waals surface area (Å²) in [4.78, 5) is 12.1. The molecule has 1 heterocycles. The van der Waals surface area contributed by atoms with Gasteiger partial charge in [-0.25, -0.2) is 0 Å². The topological polar surface area (TPSA) is 56.1 Å². The van der Waals surface area contributed by atoms with E-state index in [1.807, 2.05) is 25.1 Å². The summed E-state index contributed by atoms with van der Waals surface area (Å²) in [6.07, 6.45) is 0. The average Bonchev–Trinajstić information content (AvgIpc) is 2.69. The normalized spacial score (nSPS) is 10.5. The molecule has 1 aromatic carbocycles. The number of carbonyl (C=O) groups excluding carboxylic acids is 1. The molecule has 2 aromatic rings. The third-order valence-electron chi connectivity index (χ3n) is 2.77. The lowest BCUT2D eigenvalue weighted by Gasteiger charge is -2.06. The van der Waals surface area contributed by atoms with E-state index in [0.29, 0.717) is 18.0 Å². The Labute approximate surface area is 112 Å². The van der Waals surface area contributed by atoms with Crippen LogP contribution in [0.25, 0.3) is 0 Å². The third kappa shape index (κ3) is 3.20. The maximum atomic E-state index is 12.1. The molecule has 0 radical (unpaired) electrons. The van der Waals surface area contributed by atoms with Crippen LogP contribution in [0.1, 0.15) is 21.6 Å². The van der Waals surface area contributed by atoms with Gasteiger partial charge in [0.2, 0.25) is 0 Å². The molecule has 0 unspecified atom stereocenters. The zero-order valence-corrected chi connectivity index (χ0v) is 11.3. The van der Waals surface area contributed by atoms with E-state index < -0.39 is 0 Å². The minimum atomic E-state index is -0.146. The van der Waals surface area contributed by atoms with Crippen molar-refractivity contribution < 1.29 is 9.53 Å². The number of hydrogen-bond donors (Lipinski definition) is 1. The zero-order valence-electron chi connectivity index (χ0n) is 11.3. The second-order valence-electron chi connectivity index (χ2n) is 4.38. The van der Waals surface area contributed by atoms with Gasteiger partial charge in [0, 0.05) is 25.8 Å². The molecule has 5 nitrogen and oxygen atoms in total. The van der Waals surface area contributed by atoms with E-state index in [0.717, 1.165) is 11.3 Å². The van der Waals surface area contributed by atoms with Gasteiger partial charge >= 0.3 is 0 Å². The molecule has 0 fully saturated rings. The molecule has 0 bridgehead atoms. The molecule has 19 heavy (non-hydrogen) atoms. The van der Waals surface area contributed by atoms with Gasteiger partial charge in [0.25, 0.3) is 5.91 Å². The lowest BCUT2D eigenvalue weighted by molar-refractivity contribution is 0.102. The number of nitrogens with one attached hydrogen (secondary N) is 1. The molecule has 0 atom stereocenters. The van der Waals surface area contributed by atoms with E-state index in [2.05, 4.69) is 10.4 Å². The molecular formula is C14H17N3O2. The average molecular weight is 259 g/mol. The van der Waals surface area contributed by atoms with Crippen molar-refractivity contribution >= 4 is 11.7 Å². The fourth-order valence-corrected chi connectivity index (χ4v) is 1.84. The lowest BCUT2D eigenvalue weighted by Crippen LogP contribution is -2.14. The summed E-state index contributed by atoms with van der Waals surface area (Å²) in [5.74, 6) is 0.537. The summed E-state index contributed by atoms with van der Waals surface area (Å²) in [5.41, 5.74) is 2.52. The highest BCUT2D eigenvalue weighted by atomic mass is 16.5. The van der Waals surface area contributed by atoms with Crippen molar-refractivity contribution in [1.82, 2.24) is 9.78 Å². The van der Waals surface area contributed by atoms with Crippen molar-refractivity contribution in [2.24, 2.45) is 7.05 Å². The van der Waals surface area contributed by atoms with Crippen LogP contribution in [0.5, 0.6) is 0 Å². The largest absolute Gasteiger partial charge is 0.380 e. The van der Waals surface area contributed by atoms with Crippen LogP contribution in [0.3, 0.4) is 0 Å². The maximum absolute atomic E-state index is 12.1. The molecular weight excluding hydrogens is 242 g/mol. The first-order valence-corrected chi connectivity index (χ1v) is 6.00. The first-order valence-electron chi connectivity index (χ1n) is 6.00. The van der Waals surface area contributed by atoms with Crippen molar-refractivity contribution in [2.45, 2.75) is 13.5 Å². The zero-order chi connectivity index (χ0) is 13.8.